The van der Waals surface area contributed by atoms with Gasteiger partial charge < -0.3 is 10.2 Å². The summed E-state index contributed by atoms with van der Waals surface area (Å²) < 4.78 is 0. The van der Waals surface area contributed by atoms with Gasteiger partial charge in [-0.1, -0.05) is 17.7 Å². The normalized spacial score (nSPS) is 15.0. The van der Waals surface area contributed by atoms with Gasteiger partial charge in [0.25, 0.3) is 0 Å². The number of rotatable bonds is 3. The molecule has 1 fully saturated rings. The molecular weight excluding hydrogens is 272 g/mol. The van der Waals surface area contributed by atoms with Gasteiger partial charge in [-0.3, -0.25) is 0 Å². The van der Waals surface area contributed by atoms with Crippen molar-refractivity contribution in [2.45, 2.75) is 40.0 Å². The van der Waals surface area contributed by atoms with Crippen LogP contribution in [0.4, 0.5) is 17.5 Å². The largest absolute Gasteiger partial charge is 0.356 e. The fraction of sp³-hybridized carbons (Fsp3) is 0.444. The van der Waals surface area contributed by atoms with Gasteiger partial charge in [-0.15, -0.1) is 0 Å². The highest BCUT2D eigenvalue weighted by atomic mass is 15.2. The lowest BCUT2D eigenvalue weighted by Crippen LogP contribution is -2.30. The summed E-state index contributed by atoms with van der Waals surface area (Å²) in [5.74, 6) is 1.73. The predicted molar refractivity (Wildman–Crippen MR) is 92.0 cm³/mol. The second kappa shape index (κ2) is 6.34. The van der Waals surface area contributed by atoms with E-state index in [2.05, 4.69) is 53.3 Å². The molecule has 1 aromatic carbocycles. The number of aryl methyl sites for hydroxylation is 3. The molecule has 0 aliphatic carbocycles. The van der Waals surface area contributed by atoms with E-state index in [0.29, 0.717) is 5.95 Å². The van der Waals surface area contributed by atoms with Gasteiger partial charge in [0, 0.05) is 30.5 Å². The van der Waals surface area contributed by atoms with Gasteiger partial charge in [-0.05, 0) is 51.7 Å². The Morgan fingerprint density at radius 3 is 2.45 bits per heavy atom. The van der Waals surface area contributed by atoms with Crippen LogP contribution in [0.15, 0.2) is 24.3 Å². The molecule has 1 aliphatic rings. The van der Waals surface area contributed by atoms with Crippen molar-refractivity contribution >= 4 is 17.5 Å². The maximum Gasteiger partial charge on any atom is 0.229 e. The maximum absolute atomic E-state index is 4.72. The number of anilines is 3. The van der Waals surface area contributed by atoms with Crippen molar-refractivity contribution in [1.82, 2.24) is 9.97 Å². The van der Waals surface area contributed by atoms with Crippen LogP contribution in [0.25, 0.3) is 0 Å². The lowest BCUT2D eigenvalue weighted by Gasteiger charge is -2.28. The Morgan fingerprint density at radius 1 is 0.955 bits per heavy atom. The van der Waals surface area contributed by atoms with E-state index in [0.717, 1.165) is 30.3 Å². The highest BCUT2D eigenvalue weighted by Gasteiger charge is 2.14. The zero-order valence-electron chi connectivity index (χ0n) is 13.7. The first kappa shape index (κ1) is 14.8. The topological polar surface area (TPSA) is 41.1 Å². The molecule has 4 heteroatoms. The Kier molecular flexibility index (Phi) is 4.27. The quantitative estimate of drug-likeness (QED) is 0.924. The molecule has 0 spiro atoms. The molecule has 1 saturated heterocycles. The predicted octanol–water partition coefficient (Wildman–Crippen LogP) is 4.14. The van der Waals surface area contributed by atoms with Gasteiger partial charge in [0.2, 0.25) is 5.95 Å². The summed E-state index contributed by atoms with van der Waals surface area (Å²) in [5, 5.41) is 3.37. The molecule has 116 valence electrons. The Balaban J connectivity index is 1.85. The van der Waals surface area contributed by atoms with Crippen LogP contribution in [-0.2, 0) is 0 Å². The van der Waals surface area contributed by atoms with Gasteiger partial charge in [0.15, 0.2) is 0 Å². The number of aromatic nitrogens is 2. The molecule has 0 bridgehead atoms. The van der Waals surface area contributed by atoms with Crippen LogP contribution in [0.1, 0.15) is 36.1 Å². The van der Waals surface area contributed by atoms with Crippen molar-refractivity contribution in [1.29, 1.82) is 0 Å². The second-order valence-electron chi connectivity index (χ2n) is 6.18. The molecule has 22 heavy (non-hydrogen) atoms. The summed E-state index contributed by atoms with van der Waals surface area (Å²) in [6.07, 6.45) is 3.83. The third-order valence-corrected chi connectivity index (χ3v) is 4.15. The van der Waals surface area contributed by atoms with E-state index in [-0.39, 0.29) is 0 Å². The molecule has 1 aliphatic heterocycles. The molecule has 0 saturated carbocycles. The Hall–Kier alpha value is -2.10. The maximum atomic E-state index is 4.72. The highest BCUT2D eigenvalue weighted by molar-refractivity contribution is 5.60. The monoisotopic (exact) mass is 296 g/mol. The summed E-state index contributed by atoms with van der Waals surface area (Å²) >= 11 is 0. The first-order valence-corrected chi connectivity index (χ1v) is 8.07. The van der Waals surface area contributed by atoms with E-state index < -0.39 is 0 Å². The molecule has 0 radical (unpaired) electrons. The van der Waals surface area contributed by atoms with Crippen LogP contribution < -0.4 is 10.2 Å². The highest BCUT2D eigenvalue weighted by Crippen LogP contribution is 2.23. The molecule has 0 atom stereocenters. The van der Waals surface area contributed by atoms with Gasteiger partial charge in [0.1, 0.15) is 5.82 Å². The number of hydrogen-bond donors (Lipinski definition) is 1. The van der Waals surface area contributed by atoms with Crippen LogP contribution in [0.3, 0.4) is 0 Å². The zero-order chi connectivity index (χ0) is 15.5. The standard InChI is InChI=1S/C18H24N4/c1-13-7-8-16(14(2)11-13)20-18-19-15(3)12-17(21-18)22-9-5-4-6-10-22/h7-8,11-12H,4-6,9-10H2,1-3H3,(H,19,20,21). The average molecular weight is 296 g/mol. The zero-order valence-corrected chi connectivity index (χ0v) is 13.7. The van der Waals surface area contributed by atoms with Gasteiger partial charge in [0.05, 0.1) is 0 Å². The van der Waals surface area contributed by atoms with Gasteiger partial charge in [-0.25, -0.2) is 4.98 Å². The third kappa shape index (κ3) is 3.38. The van der Waals surface area contributed by atoms with E-state index >= 15 is 0 Å². The smallest absolute Gasteiger partial charge is 0.229 e. The minimum absolute atomic E-state index is 0.688. The number of nitrogens with zero attached hydrogens (tertiary/aromatic N) is 3. The first-order valence-electron chi connectivity index (χ1n) is 8.07. The van der Waals surface area contributed by atoms with Crippen molar-refractivity contribution in [3.63, 3.8) is 0 Å². The summed E-state index contributed by atoms with van der Waals surface area (Å²) in [6.45, 7) is 8.44. The van der Waals surface area contributed by atoms with Crippen LogP contribution in [-0.4, -0.2) is 23.1 Å². The van der Waals surface area contributed by atoms with Crippen LogP contribution in [0.2, 0.25) is 0 Å². The van der Waals surface area contributed by atoms with Crippen molar-refractivity contribution in [2.24, 2.45) is 0 Å². The van der Waals surface area contributed by atoms with Gasteiger partial charge in [-0.2, -0.15) is 4.98 Å². The Labute approximate surface area is 132 Å². The van der Waals surface area contributed by atoms with Crippen molar-refractivity contribution < 1.29 is 0 Å². The molecular formula is C18H24N4. The molecule has 3 rings (SSSR count). The average Bonchev–Trinajstić information content (AvgIpc) is 2.50. The molecule has 1 N–H and O–H groups in total. The second-order valence-corrected chi connectivity index (χ2v) is 6.18. The number of benzene rings is 1. The molecule has 2 aromatic rings. The SMILES string of the molecule is Cc1ccc(Nc2nc(C)cc(N3CCCCC3)n2)c(C)c1. The van der Waals surface area contributed by atoms with E-state index in [9.17, 15) is 0 Å². The minimum Gasteiger partial charge on any atom is -0.356 e. The Morgan fingerprint density at radius 2 is 1.73 bits per heavy atom. The van der Waals surface area contributed by atoms with E-state index in [4.69, 9.17) is 4.98 Å². The first-order chi connectivity index (χ1) is 10.6. The summed E-state index contributed by atoms with van der Waals surface area (Å²) in [7, 11) is 0. The fourth-order valence-corrected chi connectivity index (χ4v) is 2.97. The molecule has 1 aromatic heterocycles. The van der Waals surface area contributed by atoms with Crippen molar-refractivity contribution in [3.8, 4) is 0 Å². The Bertz CT molecular complexity index is 660. The van der Waals surface area contributed by atoms with Crippen LogP contribution in [0, 0.1) is 20.8 Å². The van der Waals surface area contributed by atoms with Crippen molar-refractivity contribution in [3.05, 3.63) is 41.1 Å². The lowest BCUT2D eigenvalue weighted by atomic mass is 10.1. The summed E-state index contributed by atoms with van der Waals surface area (Å²) in [4.78, 5) is 11.6. The molecule has 0 amide bonds. The van der Waals surface area contributed by atoms with E-state index in [1.54, 1.807) is 0 Å². The van der Waals surface area contributed by atoms with Gasteiger partial charge >= 0.3 is 0 Å². The number of piperidine rings is 1. The van der Waals surface area contributed by atoms with Crippen LogP contribution >= 0.6 is 0 Å². The lowest BCUT2D eigenvalue weighted by molar-refractivity contribution is 0.573. The fourth-order valence-electron chi connectivity index (χ4n) is 2.97. The third-order valence-electron chi connectivity index (χ3n) is 4.15. The molecule has 4 nitrogen and oxygen atoms in total. The minimum atomic E-state index is 0.688. The molecule has 0 unspecified atom stereocenters. The summed E-state index contributed by atoms with van der Waals surface area (Å²) in [5.41, 5.74) is 4.55. The summed E-state index contributed by atoms with van der Waals surface area (Å²) in [6, 6.07) is 8.45. The number of nitrogens with one attached hydrogen (secondary N) is 1. The number of hydrogen-bond acceptors (Lipinski definition) is 4. The van der Waals surface area contributed by atoms with Crippen LogP contribution in [0.5, 0.6) is 0 Å². The van der Waals surface area contributed by atoms with Crippen molar-refractivity contribution in [2.75, 3.05) is 23.3 Å². The van der Waals surface area contributed by atoms with E-state index in [1.807, 2.05) is 6.92 Å². The van der Waals surface area contributed by atoms with E-state index in [1.165, 1.54) is 30.4 Å². The molecule has 2 heterocycles.